The van der Waals surface area contributed by atoms with E-state index in [2.05, 4.69) is 37.0 Å². The molecule has 0 radical (unpaired) electrons. The van der Waals surface area contributed by atoms with Crippen molar-refractivity contribution in [2.75, 3.05) is 7.05 Å². The van der Waals surface area contributed by atoms with Gasteiger partial charge in [0.2, 0.25) is 0 Å². The van der Waals surface area contributed by atoms with E-state index in [1.54, 1.807) is 16.2 Å². The van der Waals surface area contributed by atoms with Crippen LogP contribution < -0.4 is 0 Å². The van der Waals surface area contributed by atoms with Gasteiger partial charge in [0.15, 0.2) is 0 Å². The first kappa shape index (κ1) is 16.7. The van der Waals surface area contributed by atoms with Crippen LogP contribution in [-0.4, -0.2) is 22.8 Å². The topological polar surface area (TPSA) is 33.2 Å². The van der Waals surface area contributed by atoms with Crippen LogP contribution in [0.4, 0.5) is 0 Å². The summed E-state index contributed by atoms with van der Waals surface area (Å²) < 4.78 is 1.16. The van der Waals surface area contributed by atoms with Gasteiger partial charge in [0.1, 0.15) is 5.01 Å². The van der Waals surface area contributed by atoms with Crippen molar-refractivity contribution in [2.24, 2.45) is 5.92 Å². The third-order valence-electron chi connectivity index (χ3n) is 3.90. The Hall–Kier alpha value is -2.20. The summed E-state index contributed by atoms with van der Waals surface area (Å²) in [6.45, 7) is 4.93. The number of carbonyl (C=O) groups excluding carboxylic acids is 1. The molecule has 3 rings (SSSR count). The molecule has 0 fully saturated rings. The molecule has 1 amide bonds. The van der Waals surface area contributed by atoms with Crippen LogP contribution in [0.5, 0.6) is 0 Å². The monoisotopic (exact) mass is 338 g/mol. The fourth-order valence-electron chi connectivity index (χ4n) is 2.74. The van der Waals surface area contributed by atoms with E-state index in [0.717, 1.165) is 27.2 Å². The molecular weight excluding hydrogens is 316 g/mol. The molecule has 3 aromatic rings. The normalized spacial score (nSPS) is 11.2. The van der Waals surface area contributed by atoms with Gasteiger partial charge in [-0.2, -0.15) is 0 Å². The quantitative estimate of drug-likeness (QED) is 0.671. The summed E-state index contributed by atoms with van der Waals surface area (Å²) >= 11 is 1.64. The Bertz CT molecular complexity index is 803. The van der Waals surface area contributed by atoms with Crippen molar-refractivity contribution in [1.29, 1.82) is 0 Å². The average Bonchev–Trinajstić information content (AvgIpc) is 2.96. The number of nitrogens with zero attached hydrogens (tertiary/aromatic N) is 2. The average molecular weight is 338 g/mol. The molecule has 2 aromatic carbocycles. The molecule has 4 heteroatoms. The first-order valence-electron chi connectivity index (χ1n) is 8.22. The van der Waals surface area contributed by atoms with E-state index in [1.807, 2.05) is 37.4 Å². The number of carbonyl (C=O) groups is 1. The largest absolute Gasteiger partial charge is 0.335 e. The van der Waals surface area contributed by atoms with Crippen LogP contribution in [0, 0.1) is 5.92 Å². The number of amides is 1. The molecule has 1 heterocycles. The van der Waals surface area contributed by atoms with Gasteiger partial charge in [-0.25, -0.2) is 4.98 Å². The summed E-state index contributed by atoms with van der Waals surface area (Å²) in [5.74, 6) is 0.651. The van der Waals surface area contributed by atoms with Crippen LogP contribution in [0.15, 0.2) is 48.5 Å². The van der Waals surface area contributed by atoms with Crippen molar-refractivity contribution >= 4 is 27.5 Å². The molecule has 0 bridgehead atoms. The fourth-order valence-corrected chi connectivity index (χ4v) is 3.76. The van der Waals surface area contributed by atoms with Crippen LogP contribution in [0.25, 0.3) is 10.2 Å². The van der Waals surface area contributed by atoms with Gasteiger partial charge in [0, 0.05) is 12.6 Å². The fraction of sp³-hybridized carbons (Fsp3) is 0.300. The van der Waals surface area contributed by atoms with Crippen molar-refractivity contribution < 1.29 is 4.79 Å². The standard InChI is InChI=1S/C20H22N2OS/c1-14(2)12-15-8-10-16(11-9-15)20(23)22(3)13-19-21-17-6-4-5-7-18(17)24-19/h4-11,14H,12-13H2,1-3H3. The van der Waals surface area contributed by atoms with Gasteiger partial charge in [-0.15, -0.1) is 11.3 Å². The Morgan fingerprint density at radius 3 is 2.50 bits per heavy atom. The highest BCUT2D eigenvalue weighted by Gasteiger charge is 2.14. The first-order valence-corrected chi connectivity index (χ1v) is 9.03. The highest BCUT2D eigenvalue weighted by atomic mass is 32.1. The third-order valence-corrected chi connectivity index (χ3v) is 4.92. The minimum Gasteiger partial charge on any atom is -0.335 e. The summed E-state index contributed by atoms with van der Waals surface area (Å²) in [6, 6.07) is 16.0. The predicted molar refractivity (Wildman–Crippen MR) is 100 cm³/mol. The molecule has 0 aliphatic carbocycles. The van der Waals surface area contributed by atoms with E-state index in [0.29, 0.717) is 12.5 Å². The first-order chi connectivity index (χ1) is 11.5. The second-order valence-electron chi connectivity index (χ2n) is 6.53. The molecule has 0 atom stereocenters. The number of hydrogen-bond acceptors (Lipinski definition) is 3. The van der Waals surface area contributed by atoms with E-state index in [-0.39, 0.29) is 5.91 Å². The molecule has 0 spiro atoms. The molecular formula is C20H22N2OS. The van der Waals surface area contributed by atoms with Crippen molar-refractivity contribution in [1.82, 2.24) is 9.88 Å². The van der Waals surface area contributed by atoms with E-state index < -0.39 is 0 Å². The zero-order valence-electron chi connectivity index (χ0n) is 14.3. The van der Waals surface area contributed by atoms with Crippen molar-refractivity contribution in [3.8, 4) is 0 Å². The molecule has 0 saturated heterocycles. The van der Waals surface area contributed by atoms with Gasteiger partial charge in [0.05, 0.1) is 16.8 Å². The van der Waals surface area contributed by atoms with E-state index in [1.165, 1.54) is 5.56 Å². The highest BCUT2D eigenvalue weighted by Crippen LogP contribution is 2.22. The zero-order valence-corrected chi connectivity index (χ0v) is 15.1. The highest BCUT2D eigenvalue weighted by molar-refractivity contribution is 7.18. The maximum atomic E-state index is 12.6. The number of hydrogen-bond donors (Lipinski definition) is 0. The molecule has 0 aliphatic heterocycles. The number of aromatic nitrogens is 1. The lowest BCUT2D eigenvalue weighted by Crippen LogP contribution is -2.26. The summed E-state index contributed by atoms with van der Waals surface area (Å²) in [6.07, 6.45) is 1.04. The molecule has 0 aliphatic rings. The zero-order chi connectivity index (χ0) is 17.1. The Balaban J connectivity index is 1.69. The molecule has 24 heavy (non-hydrogen) atoms. The SMILES string of the molecule is CC(C)Cc1ccc(C(=O)N(C)Cc2nc3ccccc3s2)cc1. The number of benzene rings is 2. The third kappa shape index (κ3) is 3.82. The van der Waals surface area contributed by atoms with E-state index >= 15 is 0 Å². The summed E-state index contributed by atoms with van der Waals surface area (Å²) in [7, 11) is 1.83. The van der Waals surface area contributed by atoms with Crippen LogP contribution in [0.1, 0.15) is 34.8 Å². The number of fused-ring (bicyclic) bond motifs is 1. The second-order valence-corrected chi connectivity index (χ2v) is 7.65. The molecule has 124 valence electrons. The van der Waals surface area contributed by atoms with Crippen LogP contribution >= 0.6 is 11.3 Å². The maximum absolute atomic E-state index is 12.6. The van der Waals surface area contributed by atoms with E-state index in [4.69, 9.17) is 0 Å². The molecule has 0 unspecified atom stereocenters. The maximum Gasteiger partial charge on any atom is 0.253 e. The minimum absolute atomic E-state index is 0.0327. The predicted octanol–water partition coefficient (Wildman–Crippen LogP) is 4.77. The van der Waals surface area contributed by atoms with Crippen LogP contribution in [0.2, 0.25) is 0 Å². The molecule has 3 nitrogen and oxygen atoms in total. The van der Waals surface area contributed by atoms with E-state index in [9.17, 15) is 4.79 Å². The minimum atomic E-state index is 0.0327. The Labute approximate surface area is 147 Å². The van der Waals surface area contributed by atoms with Gasteiger partial charge in [-0.1, -0.05) is 38.1 Å². The van der Waals surface area contributed by atoms with Crippen molar-refractivity contribution in [3.63, 3.8) is 0 Å². The number of para-hydroxylation sites is 1. The lowest BCUT2D eigenvalue weighted by molar-refractivity contribution is 0.0785. The summed E-state index contributed by atoms with van der Waals surface area (Å²) in [5, 5.41) is 0.962. The smallest absolute Gasteiger partial charge is 0.253 e. The Morgan fingerprint density at radius 1 is 1.12 bits per heavy atom. The second kappa shape index (κ2) is 7.14. The molecule has 1 aromatic heterocycles. The van der Waals surface area contributed by atoms with Gasteiger partial charge >= 0.3 is 0 Å². The summed E-state index contributed by atoms with van der Waals surface area (Å²) in [4.78, 5) is 18.9. The van der Waals surface area contributed by atoms with Crippen LogP contribution in [-0.2, 0) is 13.0 Å². The lowest BCUT2D eigenvalue weighted by Gasteiger charge is -2.16. The van der Waals surface area contributed by atoms with Crippen molar-refractivity contribution in [3.05, 3.63) is 64.7 Å². The number of rotatable bonds is 5. The van der Waals surface area contributed by atoms with Crippen molar-refractivity contribution in [2.45, 2.75) is 26.8 Å². The van der Waals surface area contributed by atoms with Gasteiger partial charge in [-0.05, 0) is 42.2 Å². The van der Waals surface area contributed by atoms with Gasteiger partial charge in [0.25, 0.3) is 5.91 Å². The van der Waals surface area contributed by atoms with Crippen LogP contribution in [0.3, 0.4) is 0 Å². The summed E-state index contributed by atoms with van der Waals surface area (Å²) in [5.41, 5.74) is 3.00. The Kier molecular flexibility index (Phi) is 4.95. The molecule has 0 N–H and O–H groups in total. The number of thiazole rings is 1. The Morgan fingerprint density at radius 2 is 1.83 bits per heavy atom. The van der Waals surface area contributed by atoms with Gasteiger partial charge < -0.3 is 4.90 Å². The molecule has 0 saturated carbocycles. The lowest BCUT2D eigenvalue weighted by atomic mass is 10.0. The van der Waals surface area contributed by atoms with Gasteiger partial charge in [-0.3, -0.25) is 4.79 Å².